The fraction of sp³-hybridized carbons (Fsp3) is 1.00. The molecule has 2 aliphatic rings. The second-order valence-electron chi connectivity index (χ2n) is 4.26. The van der Waals surface area contributed by atoms with Crippen molar-refractivity contribution in [3.8, 4) is 0 Å². The van der Waals surface area contributed by atoms with Crippen LogP contribution in [0, 0.1) is 11.8 Å². The first-order chi connectivity index (χ1) is 5.86. The third kappa shape index (κ3) is 1.79. The molecule has 2 fully saturated rings. The van der Waals surface area contributed by atoms with Gasteiger partial charge in [-0.2, -0.15) is 0 Å². The molecule has 0 bridgehead atoms. The molecule has 2 rings (SSSR count). The lowest BCUT2D eigenvalue weighted by Crippen LogP contribution is -2.23. The van der Waals surface area contributed by atoms with Crippen LogP contribution < -0.4 is 5.32 Å². The number of alkyl halides is 1. The van der Waals surface area contributed by atoms with Gasteiger partial charge in [0.1, 0.15) is 6.17 Å². The summed E-state index contributed by atoms with van der Waals surface area (Å²) in [5.41, 5.74) is 0. The van der Waals surface area contributed by atoms with Crippen molar-refractivity contribution in [3.05, 3.63) is 0 Å². The van der Waals surface area contributed by atoms with Crippen molar-refractivity contribution in [2.24, 2.45) is 11.8 Å². The van der Waals surface area contributed by atoms with E-state index in [1.165, 1.54) is 19.5 Å². The van der Waals surface area contributed by atoms with Gasteiger partial charge in [0.15, 0.2) is 0 Å². The fourth-order valence-electron chi connectivity index (χ4n) is 2.63. The zero-order chi connectivity index (χ0) is 8.39. The minimum atomic E-state index is -0.490. The van der Waals surface area contributed by atoms with Crippen LogP contribution in [0.4, 0.5) is 4.39 Å². The molecule has 0 spiro atoms. The zero-order valence-corrected chi connectivity index (χ0v) is 7.56. The molecule has 1 aliphatic carbocycles. The van der Waals surface area contributed by atoms with Gasteiger partial charge in [-0.15, -0.1) is 0 Å². The van der Waals surface area contributed by atoms with E-state index >= 15 is 0 Å². The second kappa shape index (κ2) is 3.73. The Kier molecular flexibility index (Phi) is 2.64. The van der Waals surface area contributed by atoms with Gasteiger partial charge in [-0.25, -0.2) is 4.39 Å². The Bertz CT molecular complexity index is 135. The SMILES string of the molecule is FC1CCC(C2CCNC2)CC1. The van der Waals surface area contributed by atoms with Crippen molar-refractivity contribution in [1.82, 2.24) is 5.32 Å². The summed E-state index contributed by atoms with van der Waals surface area (Å²) in [4.78, 5) is 0. The van der Waals surface area contributed by atoms with E-state index in [1.54, 1.807) is 0 Å². The fourth-order valence-corrected chi connectivity index (χ4v) is 2.63. The number of halogens is 1. The predicted octanol–water partition coefficient (Wildman–Crippen LogP) is 2.12. The van der Waals surface area contributed by atoms with Crippen LogP contribution >= 0.6 is 0 Å². The molecular weight excluding hydrogens is 153 g/mol. The molecule has 0 radical (unpaired) electrons. The monoisotopic (exact) mass is 171 g/mol. The van der Waals surface area contributed by atoms with E-state index in [9.17, 15) is 4.39 Å². The molecule has 1 nitrogen and oxygen atoms in total. The first-order valence-electron chi connectivity index (χ1n) is 5.21. The normalized spacial score (nSPS) is 43.2. The van der Waals surface area contributed by atoms with Gasteiger partial charge in [-0.1, -0.05) is 0 Å². The van der Waals surface area contributed by atoms with Crippen LogP contribution in [0.15, 0.2) is 0 Å². The highest BCUT2D eigenvalue weighted by atomic mass is 19.1. The Morgan fingerprint density at radius 3 is 2.25 bits per heavy atom. The largest absolute Gasteiger partial charge is 0.316 e. The van der Waals surface area contributed by atoms with Crippen LogP contribution in [-0.2, 0) is 0 Å². The van der Waals surface area contributed by atoms with Crippen molar-refractivity contribution < 1.29 is 4.39 Å². The Hall–Kier alpha value is -0.110. The van der Waals surface area contributed by atoms with E-state index < -0.39 is 6.17 Å². The van der Waals surface area contributed by atoms with E-state index in [0.717, 1.165) is 37.5 Å². The molecule has 1 aliphatic heterocycles. The van der Waals surface area contributed by atoms with E-state index in [0.29, 0.717) is 0 Å². The summed E-state index contributed by atoms with van der Waals surface area (Å²) in [6.07, 6.45) is 4.74. The van der Waals surface area contributed by atoms with Gasteiger partial charge in [-0.3, -0.25) is 0 Å². The van der Waals surface area contributed by atoms with E-state index in [1.807, 2.05) is 0 Å². The molecule has 1 atom stereocenters. The topological polar surface area (TPSA) is 12.0 Å². The van der Waals surface area contributed by atoms with Gasteiger partial charge in [-0.05, 0) is 57.0 Å². The number of nitrogens with one attached hydrogen (secondary N) is 1. The minimum Gasteiger partial charge on any atom is -0.316 e. The zero-order valence-electron chi connectivity index (χ0n) is 7.56. The van der Waals surface area contributed by atoms with Crippen LogP contribution in [0.2, 0.25) is 0 Å². The predicted molar refractivity (Wildman–Crippen MR) is 47.8 cm³/mol. The number of rotatable bonds is 1. The van der Waals surface area contributed by atoms with Crippen LogP contribution in [0.5, 0.6) is 0 Å². The summed E-state index contributed by atoms with van der Waals surface area (Å²) in [6, 6.07) is 0. The number of hydrogen-bond donors (Lipinski definition) is 1. The molecule has 1 saturated heterocycles. The Morgan fingerprint density at radius 2 is 1.67 bits per heavy atom. The summed E-state index contributed by atoms with van der Waals surface area (Å²) in [5.74, 6) is 1.68. The molecule has 12 heavy (non-hydrogen) atoms. The van der Waals surface area contributed by atoms with Crippen LogP contribution in [-0.4, -0.2) is 19.3 Å². The van der Waals surface area contributed by atoms with Crippen LogP contribution in [0.25, 0.3) is 0 Å². The van der Waals surface area contributed by atoms with Crippen molar-refractivity contribution >= 4 is 0 Å². The van der Waals surface area contributed by atoms with Gasteiger partial charge in [0.2, 0.25) is 0 Å². The average Bonchev–Trinajstić information content (AvgIpc) is 2.58. The van der Waals surface area contributed by atoms with Crippen LogP contribution in [0.3, 0.4) is 0 Å². The molecular formula is C10H18FN. The second-order valence-corrected chi connectivity index (χ2v) is 4.26. The molecule has 0 aromatic carbocycles. The van der Waals surface area contributed by atoms with E-state index in [-0.39, 0.29) is 0 Å². The molecule has 1 saturated carbocycles. The quantitative estimate of drug-likeness (QED) is 0.637. The number of hydrogen-bond acceptors (Lipinski definition) is 1. The van der Waals surface area contributed by atoms with Crippen molar-refractivity contribution in [2.75, 3.05) is 13.1 Å². The highest BCUT2D eigenvalue weighted by Crippen LogP contribution is 2.33. The smallest absolute Gasteiger partial charge is 0.100 e. The lowest BCUT2D eigenvalue weighted by molar-refractivity contribution is 0.172. The van der Waals surface area contributed by atoms with E-state index in [4.69, 9.17) is 0 Å². The molecule has 1 unspecified atom stereocenters. The summed E-state index contributed by atoms with van der Waals surface area (Å²) < 4.78 is 12.8. The average molecular weight is 171 g/mol. The molecule has 1 N–H and O–H groups in total. The Balaban J connectivity index is 1.80. The van der Waals surface area contributed by atoms with Crippen molar-refractivity contribution in [2.45, 2.75) is 38.3 Å². The van der Waals surface area contributed by atoms with Crippen LogP contribution in [0.1, 0.15) is 32.1 Å². The third-order valence-corrected chi connectivity index (χ3v) is 3.47. The van der Waals surface area contributed by atoms with E-state index in [2.05, 4.69) is 5.32 Å². The maximum atomic E-state index is 12.8. The van der Waals surface area contributed by atoms with Gasteiger partial charge < -0.3 is 5.32 Å². The first-order valence-corrected chi connectivity index (χ1v) is 5.21. The molecule has 0 aromatic rings. The highest BCUT2D eigenvalue weighted by molar-refractivity contribution is 4.82. The Morgan fingerprint density at radius 1 is 0.917 bits per heavy atom. The maximum Gasteiger partial charge on any atom is 0.100 e. The summed E-state index contributed by atoms with van der Waals surface area (Å²) in [6.45, 7) is 2.36. The van der Waals surface area contributed by atoms with Gasteiger partial charge in [0.05, 0.1) is 0 Å². The molecule has 0 aromatic heterocycles. The first kappa shape index (κ1) is 8.49. The Labute approximate surface area is 73.7 Å². The van der Waals surface area contributed by atoms with Gasteiger partial charge >= 0.3 is 0 Å². The van der Waals surface area contributed by atoms with Crippen molar-refractivity contribution in [3.63, 3.8) is 0 Å². The lowest BCUT2D eigenvalue weighted by Gasteiger charge is -2.28. The lowest BCUT2D eigenvalue weighted by atomic mass is 9.79. The van der Waals surface area contributed by atoms with Gasteiger partial charge in [0, 0.05) is 0 Å². The minimum absolute atomic E-state index is 0.490. The summed E-state index contributed by atoms with van der Waals surface area (Å²) >= 11 is 0. The van der Waals surface area contributed by atoms with Crippen molar-refractivity contribution in [1.29, 1.82) is 0 Å². The summed E-state index contributed by atoms with van der Waals surface area (Å²) in [5, 5.41) is 3.39. The molecule has 0 amide bonds. The third-order valence-electron chi connectivity index (χ3n) is 3.47. The highest BCUT2D eigenvalue weighted by Gasteiger charge is 2.28. The molecule has 1 heterocycles. The maximum absolute atomic E-state index is 12.8. The summed E-state index contributed by atoms with van der Waals surface area (Å²) in [7, 11) is 0. The molecule has 70 valence electrons. The molecule has 2 heteroatoms. The van der Waals surface area contributed by atoms with Gasteiger partial charge in [0.25, 0.3) is 0 Å². The standard InChI is InChI=1S/C10H18FN/c11-10-3-1-8(2-4-10)9-5-6-12-7-9/h8-10,12H,1-7H2.